The Bertz CT molecular complexity index is 651. The Labute approximate surface area is 127 Å². The zero-order valence-electron chi connectivity index (χ0n) is 12.1. The monoisotopic (exact) mass is 301 g/mol. The van der Waals surface area contributed by atoms with Gasteiger partial charge in [-0.3, -0.25) is 9.59 Å². The summed E-state index contributed by atoms with van der Waals surface area (Å²) in [6.45, 7) is 1.56. The maximum Gasteiger partial charge on any atom is 0.302 e. The van der Waals surface area contributed by atoms with E-state index in [2.05, 4.69) is 5.32 Å². The Hall–Kier alpha value is -2.69. The van der Waals surface area contributed by atoms with Crippen LogP contribution < -0.4 is 5.32 Å². The summed E-state index contributed by atoms with van der Waals surface area (Å²) in [6, 6.07) is 12.8. The van der Waals surface area contributed by atoms with Crippen LogP contribution in [0.1, 0.15) is 18.1 Å². The minimum absolute atomic E-state index is 0.176. The number of carbonyl (C=O) groups excluding carboxylic acids is 2. The van der Waals surface area contributed by atoms with Crippen molar-refractivity contribution in [1.82, 2.24) is 0 Å². The normalized spacial score (nSPS) is 10.1. The van der Waals surface area contributed by atoms with E-state index < -0.39 is 0 Å². The lowest BCUT2D eigenvalue weighted by molar-refractivity contribution is -0.142. The van der Waals surface area contributed by atoms with E-state index >= 15 is 0 Å². The summed E-state index contributed by atoms with van der Waals surface area (Å²) < 4.78 is 17.7. The van der Waals surface area contributed by atoms with E-state index in [1.807, 2.05) is 0 Å². The van der Waals surface area contributed by atoms with E-state index in [4.69, 9.17) is 4.74 Å². The van der Waals surface area contributed by atoms with Crippen molar-refractivity contribution in [3.63, 3.8) is 0 Å². The lowest BCUT2D eigenvalue weighted by Crippen LogP contribution is -2.14. The molecule has 5 heteroatoms. The Kier molecular flexibility index (Phi) is 5.25. The van der Waals surface area contributed by atoms with Crippen LogP contribution in [0.4, 0.5) is 10.1 Å². The molecule has 0 atom stereocenters. The van der Waals surface area contributed by atoms with Gasteiger partial charge in [-0.05, 0) is 35.4 Å². The van der Waals surface area contributed by atoms with Crippen LogP contribution in [0.3, 0.4) is 0 Å². The summed E-state index contributed by atoms with van der Waals surface area (Å²) in [5.41, 5.74) is 2.23. The molecule has 0 aliphatic rings. The average Bonchev–Trinajstić information content (AvgIpc) is 2.49. The van der Waals surface area contributed by atoms with E-state index in [1.165, 1.54) is 19.1 Å². The molecule has 0 spiro atoms. The Morgan fingerprint density at radius 2 is 1.59 bits per heavy atom. The predicted octanol–water partition coefficient (Wildman–Crippen LogP) is 3.07. The molecule has 0 heterocycles. The van der Waals surface area contributed by atoms with Crippen LogP contribution in [0.2, 0.25) is 0 Å². The van der Waals surface area contributed by atoms with E-state index in [1.54, 1.807) is 36.4 Å². The molecule has 114 valence electrons. The van der Waals surface area contributed by atoms with Crippen LogP contribution in [0, 0.1) is 5.82 Å². The number of hydrogen-bond donors (Lipinski definition) is 1. The highest BCUT2D eigenvalue weighted by molar-refractivity contribution is 5.92. The molecule has 4 nitrogen and oxygen atoms in total. The maximum atomic E-state index is 12.8. The van der Waals surface area contributed by atoms with Crippen molar-refractivity contribution in [3.8, 4) is 0 Å². The van der Waals surface area contributed by atoms with Gasteiger partial charge in [0.2, 0.25) is 5.91 Å². The summed E-state index contributed by atoms with van der Waals surface area (Å²) in [7, 11) is 0. The number of rotatable bonds is 5. The molecule has 2 aromatic carbocycles. The van der Waals surface area contributed by atoms with Gasteiger partial charge in [-0.15, -0.1) is 0 Å². The number of benzene rings is 2. The number of amides is 1. The topological polar surface area (TPSA) is 55.4 Å². The van der Waals surface area contributed by atoms with Gasteiger partial charge in [-0.25, -0.2) is 4.39 Å². The minimum atomic E-state index is -0.336. The van der Waals surface area contributed by atoms with Crippen molar-refractivity contribution in [3.05, 3.63) is 65.5 Å². The summed E-state index contributed by atoms with van der Waals surface area (Å²) in [5.74, 6) is -0.844. The maximum absolute atomic E-state index is 12.8. The van der Waals surface area contributed by atoms with Crippen LogP contribution >= 0.6 is 0 Å². The van der Waals surface area contributed by atoms with Crippen LogP contribution in [0.15, 0.2) is 48.5 Å². The van der Waals surface area contributed by atoms with Crippen LogP contribution in [-0.4, -0.2) is 11.9 Å². The Balaban J connectivity index is 1.88. The molecule has 0 radical (unpaired) electrons. The van der Waals surface area contributed by atoms with E-state index in [-0.39, 0.29) is 30.7 Å². The second-order valence-corrected chi connectivity index (χ2v) is 4.83. The first-order valence-electron chi connectivity index (χ1n) is 6.79. The van der Waals surface area contributed by atoms with Crippen LogP contribution in [0.5, 0.6) is 0 Å². The molecule has 22 heavy (non-hydrogen) atoms. The number of hydrogen-bond acceptors (Lipinski definition) is 3. The molecule has 0 saturated carbocycles. The largest absolute Gasteiger partial charge is 0.461 e. The molecular weight excluding hydrogens is 285 g/mol. The predicted molar refractivity (Wildman–Crippen MR) is 80.6 cm³/mol. The first-order chi connectivity index (χ1) is 10.5. The molecule has 2 aromatic rings. The average molecular weight is 301 g/mol. The van der Waals surface area contributed by atoms with Crippen molar-refractivity contribution >= 4 is 17.6 Å². The Morgan fingerprint density at radius 1 is 1.00 bits per heavy atom. The van der Waals surface area contributed by atoms with E-state index in [9.17, 15) is 14.0 Å². The fraction of sp³-hybridized carbons (Fsp3) is 0.176. The Morgan fingerprint density at radius 3 is 2.18 bits per heavy atom. The van der Waals surface area contributed by atoms with Gasteiger partial charge >= 0.3 is 5.97 Å². The van der Waals surface area contributed by atoms with Crippen molar-refractivity contribution in [2.45, 2.75) is 20.0 Å². The second-order valence-electron chi connectivity index (χ2n) is 4.83. The highest BCUT2D eigenvalue weighted by atomic mass is 19.1. The summed E-state index contributed by atoms with van der Waals surface area (Å²) in [4.78, 5) is 22.6. The first-order valence-corrected chi connectivity index (χ1v) is 6.79. The molecule has 1 N–H and O–H groups in total. The number of halogens is 1. The van der Waals surface area contributed by atoms with Crippen LogP contribution in [0.25, 0.3) is 0 Å². The van der Waals surface area contributed by atoms with Gasteiger partial charge in [0, 0.05) is 12.6 Å². The number of esters is 1. The molecule has 0 aliphatic heterocycles. The summed E-state index contributed by atoms with van der Waals surface area (Å²) in [6.07, 6.45) is 0.176. The lowest BCUT2D eigenvalue weighted by Gasteiger charge is -2.07. The molecule has 0 bridgehead atoms. The lowest BCUT2D eigenvalue weighted by atomic mass is 10.1. The number of anilines is 1. The van der Waals surface area contributed by atoms with Gasteiger partial charge in [0.05, 0.1) is 6.42 Å². The summed E-state index contributed by atoms with van der Waals surface area (Å²) in [5, 5.41) is 2.76. The van der Waals surface area contributed by atoms with Gasteiger partial charge in [0.25, 0.3) is 0 Å². The van der Waals surface area contributed by atoms with Crippen LogP contribution in [-0.2, 0) is 27.4 Å². The summed E-state index contributed by atoms with van der Waals surface area (Å²) >= 11 is 0. The van der Waals surface area contributed by atoms with Crippen molar-refractivity contribution in [1.29, 1.82) is 0 Å². The number of nitrogens with one attached hydrogen (secondary N) is 1. The highest BCUT2D eigenvalue weighted by Gasteiger charge is 2.05. The minimum Gasteiger partial charge on any atom is -0.461 e. The molecule has 2 rings (SSSR count). The van der Waals surface area contributed by atoms with E-state index in [0.29, 0.717) is 5.69 Å². The zero-order valence-corrected chi connectivity index (χ0v) is 12.1. The third kappa shape index (κ3) is 5.01. The quantitative estimate of drug-likeness (QED) is 0.864. The van der Waals surface area contributed by atoms with Crippen molar-refractivity contribution in [2.75, 3.05) is 5.32 Å². The molecule has 0 aromatic heterocycles. The smallest absolute Gasteiger partial charge is 0.302 e. The van der Waals surface area contributed by atoms with Gasteiger partial charge in [0.1, 0.15) is 12.4 Å². The number of ether oxygens (including phenoxy) is 1. The fourth-order valence-corrected chi connectivity index (χ4v) is 1.86. The molecule has 1 amide bonds. The molecule has 0 saturated heterocycles. The van der Waals surface area contributed by atoms with Crippen molar-refractivity contribution in [2.24, 2.45) is 0 Å². The van der Waals surface area contributed by atoms with E-state index in [0.717, 1.165) is 11.1 Å². The van der Waals surface area contributed by atoms with Gasteiger partial charge in [-0.1, -0.05) is 24.3 Å². The first kappa shape index (κ1) is 15.7. The molecule has 0 fully saturated rings. The zero-order chi connectivity index (χ0) is 15.9. The van der Waals surface area contributed by atoms with Gasteiger partial charge in [-0.2, -0.15) is 0 Å². The third-order valence-electron chi connectivity index (χ3n) is 2.96. The molecule has 0 unspecified atom stereocenters. The fourth-order valence-electron chi connectivity index (χ4n) is 1.86. The molecule has 0 aliphatic carbocycles. The second kappa shape index (κ2) is 7.36. The SMILES string of the molecule is CC(=O)OCc1ccc(NC(=O)Cc2ccc(F)cc2)cc1. The van der Waals surface area contributed by atoms with Gasteiger partial charge < -0.3 is 10.1 Å². The third-order valence-corrected chi connectivity index (χ3v) is 2.96. The van der Waals surface area contributed by atoms with Gasteiger partial charge in [0.15, 0.2) is 0 Å². The standard InChI is InChI=1S/C17H16FNO3/c1-12(20)22-11-14-4-8-16(9-5-14)19-17(21)10-13-2-6-15(18)7-3-13/h2-9H,10-11H2,1H3,(H,19,21). The highest BCUT2D eigenvalue weighted by Crippen LogP contribution is 2.12. The van der Waals surface area contributed by atoms with Crippen molar-refractivity contribution < 1.29 is 18.7 Å². The molecular formula is C17H16FNO3. The number of carbonyl (C=O) groups is 2.